The summed E-state index contributed by atoms with van der Waals surface area (Å²) in [6, 6.07) is 4.51. The number of alkyl halides is 3. The van der Waals surface area contributed by atoms with Crippen LogP contribution in [0.1, 0.15) is 18.1 Å². The van der Waals surface area contributed by atoms with E-state index in [9.17, 15) is 22.8 Å². The summed E-state index contributed by atoms with van der Waals surface area (Å²) in [7, 11) is 2.87. The summed E-state index contributed by atoms with van der Waals surface area (Å²) in [5.74, 6) is 0. The van der Waals surface area contributed by atoms with Crippen LogP contribution in [-0.2, 0) is 26.7 Å². The predicted octanol–water partition coefficient (Wildman–Crippen LogP) is 2.96. The maximum absolute atomic E-state index is 12.7. The normalized spacial score (nSPS) is 11.8. The van der Waals surface area contributed by atoms with Gasteiger partial charge in [0.1, 0.15) is 5.39 Å². The lowest BCUT2D eigenvalue weighted by molar-refractivity contribution is -0.137. The van der Waals surface area contributed by atoms with Crippen molar-refractivity contribution in [3.63, 3.8) is 0 Å². The molecule has 27 heavy (non-hydrogen) atoms. The molecule has 1 N–H and O–H groups in total. The summed E-state index contributed by atoms with van der Waals surface area (Å²) in [6.45, 7) is 1.87. The Balaban J connectivity index is 2.21. The van der Waals surface area contributed by atoms with Gasteiger partial charge in [0.15, 0.2) is 5.65 Å². The molecule has 0 radical (unpaired) electrons. The lowest BCUT2D eigenvalue weighted by Crippen LogP contribution is -2.37. The van der Waals surface area contributed by atoms with Gasteiger partial charge in [-0.25, -0.2) is 9.78 Å². The molecule has 0 unspecified atom stereocenters. The van der Waals surface area contributed by atoms with Crippen LogP contribution >= 0.6 is 0 Å². The van der Waals surface area contributed by atoms with E-state index in [0.717, 1.165) is 16.7 Å². The fourth-order valence-electron chi connectivity index (χ4n) is 2.87. The molecule has 0 fully saturated rings. The molecule has 0 amide bonds. The van der Waals surface area contributed by atoms with Crippen LogP contribution in [0, 0.1) is 0 Å². The number of hydrogen-bond acceptors (Lipinski definition) is 4. The first-order valence-corrected chi connectivity index (χ1v) is 8.17. The van der Waals surface area contributed by atoms with Crippen molar-refractivity contribution in [1.82, 2.24) is 14.1 Å². The number of rotatable bonds is 3. The first-order valence-electron chi connectivity index (χ1n) is 8.17. The van der Waals surface area contributed by atoms with Gasteiger partial charge in [0, 0.05) is 26.0 Å². The first-order chi connectivity index (χ1) is 12.6. The van der Waals surface area contributed by atoms with Gasteiger partial charge in [-0.15, -0.1) is 0 Å². The van der Waals surface area contributed by atoms with E-state index in [1.165, 1.54) is 30.8 Å². The molecule has 0 saturated carbocycles. The SMILES string of the molecule is CCc1cnc2c(c1Nc1ccc(C(F)(F)F)cc1)c(=O)n(C)c(=O)n2C. The van der Waals surface area contributed by atoms with Gasteiger partial charge in [0.2, 0.25) is 0 Å². The van der Waals surface area contributed by atoms with E-state index >= 15 is 0 Å². The highest BCUT2D eigenvalue weighted by molar-refractivity contribution is 5.92. The summed E-state index contributed by atoms with van der Waals surface area (Å²) >= 11 is 0. The molecule has 1 aromatic carbocycles. The molecule has 0 saturated heterocycles. The molecule has 0 aliphatic carbocycles. The first kappa shape index (κ1) is 18.7. The number of aryl methyl sites for hydroxylation is 2. The van der Waals surface area contributed by atoms with Crippen LogP contribution < -0.4 is 16.6 Å². The fourth-order valence-corrected chi connectivity index (χ4v) is 2.87. The van der Waals surface area contributed by atoms with E-state index in [2.05, 4.69) is 10.3 Å². The predicted molar refractivity (Wildman–Crippen MR) is 96.3 cm³/mol. The van der Waals surface area contributed by atoms with E-state index in [1.54, 1.807) is 6.20 Å². The molecule has 9 heteroatoms. The van der Waals surface area contributed by atoms with E-state index in [-0.39, 0.29) is 11.0 Å². The molecule has 6 nitrogen and oxygen atoms in total. The quantitative estimate of drug-likeness (QED) is 0.761. The van der Waals surface area contributed by atoms with Gasteiger partial charge in [-0.1, -0.05) is 6.92 Å². The standard InChI is InChI=1S/C18H17F3N4O2/c1-4-10-9-22-15-13(16(26)25(3)17(27)24(15)2)14(10)23-12-7-5-11(6-8-12)18(19,20)21/h5-9H,4H2,1-3H3,(H,22,23). The van der Waals surface area contributed by atoms with Gasteiger partial charge in [0.25, 0.3) is 5.56 Å². The van der Waals surface area contributed by atoms with Crippen LogP contribution in [0.15, 0.2) is 40.1 Å². The molecule has 3 rings (SSSR count). The number of nitrogens with one attached hydrogen (secondary N) is 1. The minimum absolute atomic E-state index is 0.203. The Kier molecular flexibility index (Phi) is 4.54. The lowest BCUT2D eigenvalue weighted by Gasteiger charge is -2.16. The highest BCUT2D eigenvalue weighted by atomic mass is 19.4. The minimum Gasteiger partial charge on any atom is -0.354 e. The Morgan fingerprint density at radius 1 is 1.07 bits per heavy atom. The van der Waals surface area contributed by atoms with E-state index in [1.807, 2.05) is 6.92 Å². The zero-order valence-corrected chi connectivity index (χ0v) is 14.9. The summed E-state index contributed by atoms with van der Waals surface area (Å²) in [4.78, 5) is 29.0. The van der Waals surface area contributed by atoms with Gasteiger partial charge >= 0.3 is 11.9 Å². The molecule has 3 aromatic rings. The van der Waals surface area contributed by atoms with Crippen LogP contribution in [0.3, 0.4) is 0 Å². The lowest BCUT2D eigenvalue weighted by atomic mass is 10.1. The number of nitrogens with zero attached hydrogens (tertiary/aromatic N) is 3. The smallest absolute Gasteiger partial charge is 0.354 e. The maximum Gasteiger partial charge on any atom is 0.416 e. The van der Waals surface area contributed by atoms with Crippen molar-refractivity contribution < 1.29 is 13.2 Å². The second kappa shape index (κ2) is 6.57. The number of anilines is 2. The van der Waals surface area contributed by atoms with Gasteiger partial charge < -0.3 is 5.32 Å². The number of aromatic nitrogens is 3. The third-order valence-corrected chi connectivity index (χ3v) is 4.41. The zero-order chi connectivity index (χ0) is 19.9. The van der Waals surface area contributed by atoms with Crippen molar-refractivity contribution >= 4 is 22.4 Å². The molecule has 0 spiro atoms. The number of fused-ring (bicyclic) bond motifs is 1. The van der Waals surface area contributed by atoms with Crippen LogP contribution in [0.5, 0.6) is 0 Å². The largest absolute Gasteiger partial charge is 0.416 e. The molecule has 2 aromatic heterocycles. The van der Waals surface area contributed by atoms with E-state index in [4.69, 9.17) is 0 Å². The molecule has 0 aliphatic heterocycles. The third-order valence-electron chi connectivity index (χ3n) is 4.41. The second-order valence-electron chi connectivity index (χ2n) is 6.12. The van der Waals surface area contributed by atoms with Gasteiger partial charge in [-0.3, -0.25) is 13.9 Å². The number of hydrogen-bond donors (Lipinski definition) is 1. The summed E-state index contributed by atoms with van der Waals surface area (Å²) in [6.07, 6.45) is -2.34. The monoisotopic (exact) mass is 378 g/mol. The van der Waals surface area contributed by atoms with Crippen LogP contribution in [0.2, 0.25) is 0 Å². The molecule has 0 atom stereocenters. The van der Waals surface area contributed by atoms with E-state index in [0.29, 0.717) is 23.4 Å². The number of pyridine rings is 1. The Morgan fingerprint density at radius 2 is 1.70 bits per heavy atom. The summed E-state index contributed by atoms with van der Waals surface area (Å²) < 4.78 is 40.5. The van der Waals surface area contributed by atoms with Gasteiger partial charge in [-0.2, -0.15) is 13.2 Å². The third kappa shape index (κ3) is 3.20. The van der Waals surface area contributed by atoms with E-state index < -0.39 is 23.0 Å². The van der Waals surface area contributed by atoms with Crippen LogP contribution in [0.4, 0.5) is 24.5 Å². The van der Waals surface area contributed by atoms with Crippen LogP contribution in [0.25, 0.3) is 11.0 Å². The van der Waals surface area contributed by atoms with Crippen molar-refractivity contribution in [3.05, 3.63) is 62.4 Å². The van der Waals surface area contributed by atoms with Crippen LogP contribution in [-0.4, -0.2) is 14.1 Å². The average molecular weight is 378 g/mol. The minimum atomic E-state index is -4.43. The molecule has 2 heterocycles. The molecule has 142 valence electrons. The Labute approximate surface area is 151 Å². The Hall–Kier alpha value is -3.10. The zero-order valence-electron chi connectivity index (χ0n) is 14.9. The number of benzene rings is 1. The summed E-state index contributed by atoms with van der Waals surface area (Å²) in [5.41, 5.74) is -0.0656. The molecular weight excluding hydrogens is 361 g/mol. The van der Waals surface area contributed by atoms with Gasteiger partial charge in [-0.05, 0) is 36.2 Å². The Bertz CT molecular complexity index is 1130. The number of halogens is 3. The molecular formula is C18H17F3N4O2. The Morgan fingerprint density at radius 3 is 2.26 bits per heavy atom. The second-order valence-corrected chi connectivity index (χ2v) is 6.12. The fraction of sp³-hybridized carbons (Fsp3) is 0.278. The van der Waals surface area contributed by atoms with Crippen molar-refractivity contribution in [2.45, 2.75) is 19.5 Å². The van der Waals surface area contributed by atoms with Crippen molar-refractivity contribution in [2.75, 3.05) is 5.32 Å². The van der Waals surface area contributed by atoms with Crippen molar-refractivity contribution in [1.29, 1.82) is 0 Å². The summed E-state index contributed by atoms with van der Waals surface area (Å²) in [5, 5.41) is 3.23. The molecule has 0 bridgehead atoms. The highest BCUT2D eigenvalue weighted by Gasteiger charge is 2.30. The highest BCUT2D eigenvalue weighted by Crippen LogP contribution is 2.31. The topological polar surface area (TPSA) is 68.9 Å². The van der Waals surface area contributed by atoms with Crippen molar-refractivity contribution in [2.24, 2.45) is 14.1 Å². The average Bonchev–Trinajstić information content (AvgIpc) is 2.64. The maximum atomic E-state index is 12.7. The van der Waals surface area contributed by atoms with Gasteiger partial charge in [0.05, 0.1) is 11.3 Å². The van der Waals surface area contributed by atoms with Crippen molar-refractivity contribution in [3.8, 4) is 0 Å². The molecule has 0 aliphatic rings.